The number of carboxylic acids is 1. The third-order valence-electron chi connectivity index (χ3n) is 11.4. The zero-order chi connectivity index (χ0) is 23.1. The first kappa shape index (κ1) is 22.4. The Morgan fingerprint density at radius 2 is 1.78 bits per heavy atom. The highest BCUT2D eigenvalue weighted by Crippen LogP contribution is 2.73. The lowest BCUT2D eigenvalue weighted by Crippen LogP contribution is -2.65. The van der Waals surface area contributed by atoms with Crippen LogP contribution in [-0.4, -0.2) is 37.2 Å². The van der Waals surface area contributed by atoms with Gasteiger partial charge in [0.15, 0.2) is 0 Å². The van der Waals surface area contributed by atoms with Gasteiger partial charge < -0.3 is 15.2 Å². The minimum Gasteiger partial charge on any atom is -0.481 e. The maximum absolute atomic E-state index is 13.5. The number of hydrogen-bond donors (Lipinski definition) is 2. The van der Waals surface area contributed by atoms with Crippen LogP contribution in [0.5, 0.6) is 0 Å². The van der Waals surface area contributed by atoms with Crippen molar-refractivity contribution in [2.45, 2.75) is 79.1 Å². The molecule has 1 heterocycles. The number of amides is 1. The van der Waals surface area contributed by atoms with E-state index in [4.69, 9.17) is 4.74 Å². The lowest BCUT2D eigenvalue weighted by Gasteiger charge is -2.69. The summed E-state index contributed by atoms with van der Waals surface area (Å²) < 4.78 is 6.32. The monoisotopic (exact) mass is 443 g/mol. The molecule has 32 heavy (non-hydrogen) atoms. The first-order valence-electron chi connectivity index (χ1n) is 12.8. The molecule has 2 N–H and O–H groups in total. The number of fused-ring (bicyclic) bond motifs is 3. The number of likely N-dealkylation sites (N-methyl/N-ethyl adjacent to an activating group) is 1. The molecule has 8 atom stereocenters. The average molecular weight is 444 g/mol. The predicted octanol–water partition coefficient (Wildman–Crippen LogP) is 4.81. The fourth-order valence-electron chi connectivity index (χ4n) is 9.81. The second-order valence-corrected chi connectivity index (χ2v) is 12.7. The van der Waals surface area contributed by atoms with Crippen molar-refractivity contribution < 1.29 is 19.4 Å². The highest BCUT2D eigenvalue weighted by Gasteiger charge is 2.68. The van der Waals surface area contributed by atoms with Crippen molar-refractivity contribution in [1.29, 1.82) is 0 Å². The maximum Gasteiger partial charge on any atom is 0.307 e. The third-order valence-corrected chi connectivity index (χ3v) is 11.4. The molecule has 0 aromatic heterocycles. The summed E-state index contributed by atoms with van der Waals surface area (Å²) in [5.41, 5.74) is 1.87. The van der Waals surface area contributed by atoms with Crippen LogP contribution in [0.15, 0.2) is 11.1 Å². The fourth-order valence-corrected chi connectivity index (χ4v) is 9.81. The summed E-state index contributed by atoms with van der Waals surface area (Å²) >= 11 is 0. The number of hydrogen-bond acceptors (Lipinski definition) is 3. The first-order chi connectivity index (χ1) is 15.0. The van der Waals surface area contributed by atoms with Gasteiger partial charge in [-0.05, 0) is 84.5 Å². The number of carbonyl (C=O) groups is 2. The van der Waals surface area contributed by atoms with Crippen molar-refractivity contribution in [3.8, 4) is 0 Å². The minimum absolute atomic E-state index is 0.00325. The molecule has 1 saturated heterocycles. The van der Waals surface area contributed by atoms with Gasteiger partial charge in [0.1, 0.15) is 0 Å². The van der Waals surface area contributed by atoms with Gasteiger partial charge >= 0.3 is 5.97 Å². The van der Waals surface area contributed by atoms with E-state index in [9.17, 15) is 14.7 Å². The summed E-state index contributed by atoms with van der Waals surface area (Å²) in [5.74, 6) is -0.148. The number of carboxylic acid groups (broad SMARTS) is 1. The normalized spacial score (nSPS) is 50.0. The Balaban J connectivity index is 1.74. The molecule has 0 radical (unpaired) electrons. The van der Waals surface area contributed by atoms with Crippen molar-refractivity contribution >= 4 is 11.9 Å². The van der Waals surface area contributed by atoms with Crippen LogP contribution in [0.1, 0.15) is 79.1 Å². The van der Waals surface area contributed by atoms with Gasteiger partial charge in [-0.3, -0.25) is 9.59 Å². The van der Waals surface area contributed by atoms with Crippen molar-refractivity contribution in [3.63, 3.8) is 0 Å². The van der Waals surface area contributed by atoms with Crippen LogP contribution in [0.4, 0.5) is 0 Å². The number of aliphatic carboxylic acids is 1. The standard InChI is InChI=1S/C27H41NO4/c1-16-9-12-25(3)18-7-8-19-24(2)10-6-11-27(19,15-32-14-24)21(18)17(22(29)28-5)13-26(25,4)20(16)23(30)31/h16,18-20H,6-15H2,1-5H3,(H,28,29)(H,30,31). The van der Waals surface area contributed by atoms with Gasteiger partial charge in [-0.15, -0.1) is 0 Å². The van der Waals surface area contributed by atoms with Crippen molar-refractivity contribution in [1.82, 2.24) is 5.32 Å². The first-order valence-corrected chi connectivity index (χ1v) is 12.8. The minimum atomic E-state index is -0.691. The molecule has 5 rings (SSSR count). The van der Waals surface area contributed by atoms with Gasteiger partial charge in [0, 0.05) is 18.0 Å². The lowest BCUT2D eigenvalue weighted by molar-refractivity contribution is -0.194. The summed E-state index contributed by atoms with van der Waals surface area (Å²) in [4.78, 5) is 26.0. The van der Waals surface area contributed by atoms with E-state index >= 15 is 0 Å². The van der Waals surface area contributed by atoms with Crippen LogP contribution < -0.4 is 5.32 Å². The molecule has 5 aliphatic rings. The molecule has 0 aromatic rings. The summed E-state index contributed by atoms with van der Waals surface area (Å²) in [6, 6.07) is 0. The Morgan fingerprint density at radius 3 is 2.47 bits per heavy atom. The maximum atomic E-state index is 13.5. The van der Waals surface area contributed by atoms with Gasteiger partial charge in [0.2, 0.25) is 5.91 Å². The molecule has 178 valence electrons. The topological polar surface area (TPSA) is 75.6 Å². The lowest BCUT2D eigenvalue weighted by atomic mass is 9.36. The Bertz CT molecular complexity index is 867. The van der Waals surface area contributed by atoms with E-state index in [1.807, 2.05) is 0 Å². The molecule has 2 bridgehead atoms. The van der Waals surface area contributed by atoms with E-state index in [-0.39, 0.29) is 34.0 Å². The van der Waals surface area contributed by atoms with Crippen LogP contribution in [0.2, 0.25) is 0 Å². The van der Waals surface area contributed by atoms with Gasteiger partial charge in [0.25, 0.3) is 0 Å². The quantitative estimate of drug-likeness (QED) is 0.642. The molecule has 0 aromatic carbocycles. The largest absolute Gasteiger partial charge is 0.481 e. The smallest absolute Gasteiger partial charge is 0.307 e. The summed E-state index contributed by atoms with van der Waals surface area (Å²) in [7, 11) is 1.72. The van der Waals surface area contributed by atoms with Gasteiger partial charge in [0.05, 0.1) is 19.1 Å². The highest BCUT2D eigenvalue weighted by atomic mass is 16.5. The molecular formula is C27H41NO4. The highest BCUT2D eigenvalue weighted by molar-refractivity contribution is 5.95. The van der Waals surface area contributed by atoms with E-state index in [0.717, 1.165) is 44.5 Å². The SMILES string of the molecule is CNC(=O)C1=C2C(CCC3C4(C)CCCC23COC4)C2(C)CCC(C)C(C(=O)O)C2(C)C1. The Morgan fingerprint density at radius 1 is 1.03 bits per heavy atom. The summed E-state index contributed by atoms with van der Waals surface area (Å²) in [6.45, 7) is 10.6. The van der Waals surface area contributed by atoms with Crippen molar-refractivity contribution in [2.75, 3.05) is 20.3 Å². The zero-order valence-corrected chi connectivity index (χ0v) is 20.6. The van der Waals surface area contributed by atoms with Crippen LogP contribution in [0.25, 0.3) is 0 Å². The van der Waals surface area contributed by atoms with Crippen LogP contribution in [0.3, 0.4) is 0 Å². The van der Waals surface area contributed by atoms with E-state index < -0.39 is 17.3 Å². The average Bonchev–Trinajstić information content (AvgIpc) is 2.72. The number of rotatable bonds is 2. The van der Waals surface area contributed by atoms with E-state index in [2.05, 4.69) is 33.0 Å². The predicted molar refractivity (Wildman–Crippen MR) is 123 cm³/mol. The van der Waals surface area contributed by atoms with Gasteiger partial charge in [-0.1, -0.05) is 34.1 Å². The Labute approximate surface area is 192 Å². The molecule has 5 heteroatoms. The number of ether oxygens (including phenoxy) is 1. The van der Waals surface area contributed by atoms with E-state index in [1.165, 1.54) is 24.8 Å². The second-order valence-electron chi connectivity index (χ2n) is 12.7. The molecule has 8 unspecified atom stereocenters. The summed E-state index contributed by atoms with van der Waals surface area (Å²) in [6.07, 6.45) is 8.32. The van der Waals surface area contributed by atoms with E-state index in [1.54, 1.807) is 7.05 Å². The third kappa shape index (κ3) is 2.61. The van der Waals surface area contributed by atoms with Crippen molar-refractivity contribution in [2.24, 2.45) is 45.3 Å². The molecular weight excluding hydrogens is 402 g/mol. The van der Waals surface area contributed by atoms with Gasteiger partial charge in [-0.25, -0.2) is 0 Å². The van der Waals surface area contributed by atoms with Crippen molar-refractivity contribution in [3.05, 3.63) is 11.1 Å². The molecule has 3 saturated carbocycles. The van der Waals surface area contributed by atoms with E-state index in [0.29, 0.717) is 12.3 Å². The van der Waals surface area contributed by atoms with Crippen LogP contribution in [-0.2, 0) is 14.3 Å². The Kier molecular flexibility index (Phi) is 4.96. The Hall–Kier alpha value is -1.36. The zero-order valence-electron chi connectivity index (χ0n) is 20.6. The fraction of sp³-hybridized carbons (Fsp3) is 0.852. The molecule has 1 amide bonds. The van der Waals surface area contributed by atoms with Crippen LogP contribution >= 0.6 is 0 Å². The van der Waals surface area contributed by atoms with Crippen LogP contribution in [0, 0.1) is 45.3 Å². The molecule has 4 aliphatic carbocycles. The van der Waals surface area contributed by atoms with Gasteiger partial charge in [-0.2, -0.15) is 0 Å². The summed E-state index contributed by atoms with van der Waals surface area (Å²) in [5, 5.41) is 13.3. The number of nitrogens with one attached hydrogen (secondary N) is 1. The molecule has 4 fully saturated rings. The number of carbonyl (C=O) groups excluding carboxylic acids is 1. The molecule has 1 aliphatic heterocycles. The molecule has 0 spiro atoms. The second kappa shape index (κ2) is 7.07. The molecule has 5 nitrogen and oxygen atoms in total.